The Kier molecular flexibility index (Phi) is 3.80. The lowest BCUT2D eigenvalue weighted by Crippen LogP contribution is -2.41. The van der Waals surface area contributed by atoms with Crippen LogP contribution in [-0.2, 0) is 19.1 Å². The van der Waals surface area contributed by atoms with Gasteiger partial charge in [-0.1, -0.05) is 0 Å². The number of hydrogen-bond donors (Lipinski definition) is 0. The Morgan fingerprint density at radius 1 is 0.952 bits per heavy atom. The van der Waals surface area contributed by atoms with Gasteiger partial charge in [0.15, 0.2) is 9.84 Å². The fourth-order valence-electron chi connectivity index (χ4n) is 2.48. The first-order chi connectivity index (χ1) is 9.35. The first-order valence-corrected chi connectivity index (χ1v) is 8.91. The molecular weight excluding hydrogens is 287 g/mol. The van der Waals surface area contributed by atoms with Gasteiger partial charge in [-0.25, -0.2) is 8.42 Å². The largest absolute Gasteiger partial charge is 0.495 e. The molecule has 1 aromatic rings. The Labute approximate surface area is 127 Å². The Bertz CT molecular complexity index is 638. The van der Waals surface area contributed by atoms with Crippen LogP contribution in [0.25, 0.3) is 0 Å². The van der Waals surface area contributed by atoms with Crippen molar-refractivity contribution < 1.29 is 17.7 Å². The zero-order valence-electron chi connectivity index (χ0n) is 13.8. The van der Waals surface area contributed by atoms with Crippen LogP contribution in [0, 0.1) is 13.8 Å². The predicted octanol–water partition coefficient (Wildman–Crippen LogP) is 2.01. The molecule has 1 aliphatic heterocycles. The highest BCUT2D eigenvalue weighted by Crippen LogP contribution is 2.37. The summed E-state index contributed by atoms with van der Waals surface area (Å²) in [5.74, 6) is 0. The Balaban J connectivity index is 2.48. The van der Waals surface area contributed by atoms with Crippen molar-refractivity contribution in [1.82, 2.24) is 0 Å². The van der Waals surface area contributed by atoms with E-state index in [0.717, 1.165) is 16.6 Å². The van der Waals surface area contributed by atoms with Crippen LogP contribution < -0.4 is 5.46 Å². The summed E-state index contributed by atoms with van der Waals surface area (Å²) in [6.07, 6.45) is 1.22. The number of hydrogen-bond acceptors (Lipinski definition) is 4. The molecule has 1 heterocycles. The highest BCUT2D eigenvalue weighted by molar-refractivity contribution is 7.90. The first kappa shape index (κ1) is 16.5. The van der Waals surface area contributed by atoms with E-state index in [1.807, 2.05) is 41.5 Å². The van der Waals surface area contributed by atoms with Gasteiger partial charge >= 0.3 is 7.12 Å². The molecule has 6 heteroatoms. The summed E-state index contributed by atoms with van der Waals surface area (Å²) in [6.45, 7) is 11.8. The van der Waals surface area contributed by atoms with Crippen LogP contribution in [0.15, 0.2) is 17.0 Å². The fourth-order valence-corrected chi connectivity index (χ4v) is 3.26. The summed E-state index contributed by atoms with van der Waals surface area (Å²) in [5, 5.41) is 0. The minimum absolute atomic E-state index is 0.331. The summed E-state index contributed by atoms with van der Waals surface area (Å²) in [4.78, 5) is 0.331. The van der Waals surface area contributed by atoms with Crippen molar-refractivity contribution in [2.24, 2.45) is 0 Å². The van der Waals surface area contributed by atoms with Crippen molar-refractivity contribution in [3.05, 3.63) is 23.3 Å². The predicted molar refractivity (Wildman–Crippen MR) is 84.7 cm³/mol. The molecule has 2 rings (SSSR count). The van der Waals surface area contributed by atoms with Crippen molar-refractivity contribution in [2.45, 2.75) is 57.6 Å². The van der Waals surface area contributed by atoms with Crippen LogP contribution in [0.3, 0.4) is 0 Å². The van der Waals surface area contributed by atoms with E-state index in [-0.39, 0.29) is 0 Å². The van der Waals surface area contributed by atoms with Crippen LogP contribution in [0.5, 0.6) is 0 Å². The SMILES string of the molecule is Cc1cc(S(C)(=O)=O)cc(C)c1B1OC(C)(C)C(C)(C)O1. The molecule has 1 aliphatic rings. The number of benzene rings is 1. The third-order valence-electron chi connectivity index (χ3n) is 4.48. The monoisotopic (exact) mass is 310 g/mol. The topological polar surface area (TPSA) is 52.6 Å². The summed E-state index contributed by atoms with van der Waals surface area (Å²) < 4.78 is 35.6. The average Bonchev–Trinajstić information content (AvgIpc) is 2.45. The van der Waals surface area contributed by atoms with Crippen LogP contribution in [0.1, 0.15) is 38.8 Å². The molecule has 1 saturated heterocycles. The number of sulfone groups is 1. The quantitative estimate of drug-likeness (QED) is 0.784. The van der Waals surface area contributed by atoms with Gasteiger partial charge in [-0.15, -0.1) is 0 Å². The highest BCUT2D eigenvalue weighted by atomic mass is 32.2. The van der Waals surface area contributed by atoms with Crippen LogP contribution in [0.2, 0.25) is 0 Å². The van der Waals surface area contributed by atoms with E-state index >= 15 is 0 Å². The molecule has 0 N–H and O–H groups in total. The van der Waals surface area contributed by atoms with Crippen molar-refractivity contribution in [2.75, 3.05) is 6.26 Å². The third kappa shape index (κ3) is 2.89. The molecule has 0 spiro atoms. The lowest BCUT2D eigenvalue weighted by molar-refractivity contribution is 0.00578. The van der Waals surface area contributed by atoms with Crippen LogP contribution in [-0.4, -0.2) is 33.0 Å². The van der Waals surface area contributed by atoms with E-state index in [9.17, 15) is 8.42 Å². The number of rotatable bonds is 2. The van der Waals surface area contributed by atoms with Gasteiger partial charge < -0.3 is 9.31 Å². The molecule has 0 radical (unpaired) electrons. The Morgan fingerprint density at radius 3 is 1.67 bits per heavy atom. The summed E-state index contributed by atoms with van der Waals surface area (Å²) in [6, 6.07) is 3.37. The smallest absolute Gasteiger partial charge is 0.399 e. The van der Waals surface area contributed by atoms with E-state index in [1.54, 1.807) is 12.1 Å². The molecule has 0 atom stereocenters. The van der Waals surface area contributed by atoms with Gasteiger partial charge in [0.05, 0.1) is 16.1 Å². The Hall–Kier alpha value is -0.845. The molecule has 21 heavy (non-hydrogen) atoms. The van der Waals surface area contributed by atoms with E-state index in [2.05, 4.69) is 0 Å². The second-order valence-electron chi connectivity index (χ2n) is 6.83. The maximum Gasteiger partial charge on any atom is 0.495 e. The van der Waals surface area contributed by atoms with Crippen molar-refractivity contribution in [3.63, 3.8) is 0 Å². The van der Waals surface area contributed by atoms with Gasteiger partial charge in [-0.2, -0.15) is 0 Å². The molecule has 0 aromatic heterocycles. The van der Waals surface area contributed by atoms with Crippen LogP contribution >= 0.6 is 0 Å². The minimum atomic E-state index is -3.22. The van der Waals surface area contributed by atoms with Gasteiger partial charge in [-0.05, 0) is 70.3 Å². The van der Waals surface area contributed by atoms with E-state index < -0.39 is 28.2 Å². The molecule has 0 saturated carbocycles. The van der Waals surface area contributed by atoms with Crippen molar-refractivity contribution in [1.29, 1.82) is 0 Å². The standard InChI is InChI=1S/C15H23BO4S/c1-10-8-12(21(7,17)18)9-11(2)13(10)16-19-14(3,4)15(5,6)20-16/h8-9H,1-7H3. The van der Waals surface area contributed by atoms with E-state index in [4.69, 9.17) is 9.31 Å². The highest BCUT2D eigenvalue weighted by Gasteiger charge is 2.52. The third-order valence-corrected chi connectivity index (χ3v) is 5.58. The lowest BCUT2D eigenvalue weighted by Gasteiger charge is -2.32. The van der Waals surface area contributed by atoms with Gasteiger partial charge in [0.1, 0.15) is 0 Å². The molecule has 1 aromatic carbocycles. The first-order valence-electron chi connectivity index (χ1n) is 7.02. The van der Waals surface area contributed by atoms with Gasteiger partial charge in [0.2, 0.25) is 0 Å². The Morgan fingerprint density at radius 2 is 1.33 bits per heavy atom. The maximum absolute atomic E-state index is 11.7. The summed E-state index contributed by atoms with van der Waals surface area (Å²) >= 11 is 0. The number of aryl methyl sites for hydroxylation is 2. The zero-order valence-corrected chi connectivity index (χ0v) is 14.6. The second kappa shape index (κ2) is 4.83. The maximum atomic E-state index is 11.7. The van der Waals surface area contributed by atoms with Gasteiger partial charge in [-0.3, -0.25) is 0 Å². The molecule has 4 nitrogen and oxygen atoms in total. The molecule has 0 unspecified atom stereocenters. The molecule has 1 fully saturated rings. The van der Waals surface area contributed by atoms with Crippen LogP contribution in [0.4, 0.5) is 0 Å². The van der Waals surface area contributed by atoms with Crippen molar-refractivity contribution >= 4 is 22.4 Å². The average molecular weight is 310 g/mol. The molecular formula is C15H23BO4S. The lowest BCUT2D eigenvalue weighted by atomic mass is 9.73. The fraction of sp³-hybridized carbons (Fsp3) is 0.600. The second-order valence-corrected chi connectivity index (χ2v) is 8.85. The molecule has 0 bridgehead atoms. The summed E-state index contributed by atoms with van der Waals surface area (Å²) in [5.41, 5.74) is 1.84. The van der Waals surface area contributed by atoms with E-state index in [0.29, 0.717) is 4.90 Å². The van der Waals surface area contributed by atoms with E-state index in [1.165, 1.54) is 6.26 Å². The minimum Gasteiger partial charge on any atom is -0.399 e. The summed E-state index contributed by atoms with van der Waals surface area (Å²) in [7, 11) is -3.68. The van der Waals surface area contributed by atoms with Gasteiger partial charge in [0, 0.05) is 6.26 Å². The van der Waals surface area contributed by atoms with Gasteiger partial charge in [0.25, 0.3) is 0 Å². The zero-order chi connectivity index (χ0) is 16.2. The molecule has 0 amide bonds. The van der Waals surface area contributed by atoms with Crippen molar-refractivity contribution in [3.8, 4) is 0 Å². The normalized spacial score (nSPS) is 20.8. The molecule has 116 valence electrons. The molecule has 0 aliphatic carbocycles.